The first kappa shape index (κ1) is 16.1. The summed E-state index contributed by atoms with van der Waals surface area (Å²) in [6.07, 6.45) is 0. The van der Waals surface area contributed by atoms with Crippen LogP contribution >= 0.6 is 15.9 Å². The molecule has 0 unspecified atom stereocenters. The van der Waals surface area contributed by atoms with Crippen molar-refractivity contribution in [1.29, 1.82) is 0 Å². The number of hydrogen-bond acceptors (Lipinski definition) is 2. The lowest BCUT2D eigenvalue weighted by molar-refractivity contribution is 0.545. The van der Waals surface area contributed by atoms with Crippen LogP contribution in [0.1, 0.15) is 11.1 Å². The molecule has 0 atom stereocenters. The third-order valence-corrected chi connectivity index (χ3v) is 4.86. The van der Waals surface area contributed by atoms with Gasteiger partial charge in [0.15, 0.2) is 0 Å². The second-order valence-corrected chi connectivity index (χ2v) is 6.65. The summed E-state index contributed by atoms with van der Waals surface area (Å²) in [7, 11) is -4.11. The van der Waals surface area contributed by atoms with Crippen LogP contribution in [-0.4, -0.2) is 8.42 Å². The molecule has 0 heterocycles. The van der Waals surface area contributed by atoms with Crippen LogP contribution < -0.4 is 4.72 Å². The molecule has 0 amide bonds. The quantitative estimate of drug-likeness (QED) is 0.814. The molecule has 7 heteroatoms. The van der Waals surface area contributed by atoms with Crippen molar-refractivity contribution in [2.75, 3.05) is 0 Å². The maximum absolute atomic E-state index is 13.5. The SMILES string of the molecule is O=S(=O)(NCc1cccc(CBr)c1)c1cc(F)ccc1F. The highest BCUT2D eigenvalue weighted by Gasteiger charge is 2.19. The van der Waals surface area contributed by atoms with E-state index in [0.29, 0.717) is 11.4 Å². The molecular weight excluding hydrogens is 364 g/mol. The lowest BCUT2D eigenvalue weighted by Gasteiger charge is -2.08. The number of nitrogens with one attached hydrogen (secondary N) is 1. The molecule has 0 bridgehead atoms. The highest BCUT2D eigenvalue weighted by atomic mass is 79.9. The largest absolute Gasteiger partial charge is 0.243 e. The normalized spacial score (nSPS) is 11.6. The van der Waals surface area contributed by atoms with Crippen molar-refractivity contribution in [1.82, 2.24) is 4.72 Å². The fourth-order valence-electron chi connectivity index (χ4n) is 1.76. The summed E-state index contributed by atoms with van der Waals surface area (Å²) < 4.78 is 52.9. The van der Waals surface area contributed by atoms with Crippen molar-refractivity contribution < 1.29 is 17.2 Å². The number of hydrogen-bond donors (Lipinski definition) is 1. The van der Waals surface area contributed by atoms with Crippen LogP contribution in [0.15, 0.2) is 47.4 Å². The summed E-state index contributed by atoms with van der Waals surface area (Å²) in [6.45, 7) is -0.000866. The average molecular weight is 376 g/mol. The molecule has 0 radical (unpaired) electrons. The van der Waals surface area contributed by atoms with Crippen LogP contribution in [0.2, 0.25) is 0 Å². The molecule has 0 aliphatic carbocycles. The van der Waals surface area contributed by atoms with Gasteiger partial charge in [-0.1, -0.05) is 40.2 Å². The van der Waals surface area contributed by atoms with Crippen molar-refractivity contribution in [3.63, 3.8) is 0 Å². The molecule has 2 rings (SSSR count). The Morgan fingerprint density at radius 1 is 1.05 bits per heavy atom. The molecule has 2 aromatic rings. The van der Waals surface area contributed by atoms with E-state index in [1.807, 2.05) is 12.1 Å². The molecule has 0 saturated carbocycles. The van der Waals surface area contributed by atoms with E-state index in [9.17, 15) is 17.2 Å². The summed E-state index contributed by atoms with van der Waals surface area (Å²) >= 11 is 3.31. The molecule has 2 aromatic carbocycles. The predicted molar refractivity (Wildman–Crippen MR) is 79.5 cm³/mol. The lowest BCUT2D eigenvalue weighted by atomic mass is 10.1. The third-order valence-electron chi connectivity index (χ3n) is 2.79. The first-order valence-corrected chi connectivity index (χ1v) is 8.61. The van der Waals surface area contributed by atoms with E-state index < -0.39 is 26.6 Å². The van der Waals surface area contributed by atoms with Gasteiger partial charge in [0.1, 0.15) is 16.5 Å². The van der Waals surface area contributed by atoms with Crippen LogP contribution in [0.4, 0.5) is 8.78 Å². The first-order valence-electron chi connectivity index (χ1n) is 6.01. The van der Waals surface area contributed by atoms with Crippen LogP contribution in [0, 0.1) is 11.6 Å². The molecule has 1 N–H and O–H groups in total. The summed E-state index contributed by atoms with van der Waals surface area (Å²) in [4.78, 5) is -0.695. The third kappa shape index (κ3) is 4.09. The van der Waals surface area contributed by atoms with E-state index in [4.69, 9.17) is 0 Å². The van der Waals surface area contributed by atoms with Gasteiger partial charge in [-0.25, -0.2) is 21.9 Å². The minimum Gasteiger partial charge on any atom is -0.207 e. The Balaban J connectivity index is 2.19. The standard InChI is InChI=1S/C14H12BrF2NO2S/c15-8-10-2-1-3-11(6-10)9-18-21(19,20)14-7-12(16)4-5-13(14)17/h1-7,18H,8-9H2. The van der Waals surface area contributed by atoms with Crippen LogP contribution in [-0.2, 0) is 21.9 Å². The van der Waals surface area contributed by atoms with Gasteiger partial charge in [-0.15, -0.1) is 0 Å². The lowest BCUT2D eigenvalue weighted by Crippen LogP contribution is -2.24. The minimum atomic E-state index is -4.11. The maximum Gasteiger partial charge on any atom is 0.243 e. The van der Waals surface area contributed by atoms with Crippen molar-refractivity contribution in [2.45, 2.75) is 16.8 Å². The molecule has 0 spiro atoms. The van der Waals surface area contributed by atoms with Crippen molar-refractivity contribution in [2.24, 2.45) is 0 Å². The fourth-order valence-corrected chi connectivity index (χ4v) is 3.22. The zero-order valence-electron chi connectivity index (χ0n) is 10.8. The summed E-state index contributed by atoms with van der Waals surface area (Å²) in [5, 5.41) is 0.645. The van der Waals surface area contributed by atoms with Gasteiger partial charge in [-0.05, 0) is 29.3 Å². The zero-order valence-corrected chi connectivity index (χ0v) is 13.2. The predicted octanol–water partition coefficient (Wildman–Crippen LogP) is 3.34. The van der Waals surface area contributed by atoms with E-state index in [0.717, 1.165) is 23.3 Å². The minimum absolute atomic E-state index is 0.000866. The second kappa shape index (κ2) is 6.64. The van der Waals surface area contributed by atoms with Crippen LogP contribution in [0.3, 0.4) is 0 Å². The van der Waals surface area contributed by atoms with Gasteiger partial charge < -0.3 is 0 Å². The average Bonchev–Trinajstić information content (AvgIpc) is 2.48. The monoisotopic (exact) mass is 375 g/mol. The molecule has 112 valence electrons. The summed E-state index contributed by atoms with van der Waals surface area (Å²) in [5.74, 6) is -1.80. The van der Waals surface area contributed by atoms with Gasteiger partial charge in [0.25, 0.3) is 0 Å². The topological polar surface area (TPSA) is 46.2 Å². The van der Waals surface area contributed by atoms with E-state index >= 15 is 0 Å². The number of halogens is 3. The highest BCUT2D eigenvalue weighted by Crippen LogP contribution is 2.16. The molecule has 0 aliphatic rings. The molecule has 0 aliphatic heterocycles. The molecular formula is C14H12BrF2NO2S. The second-order valence-electron chi connectivity index (χ2n) is 4.35. The number of rotatable bonds is 5. The van der Waals surface area contributed by atoms with Crippen molar-refractivity contribution in [3.05, 3.63) is 65.2 Å². The van der Waals surface area contributed by atoms with E-state index in [-0.39, 0.29) is 6.54 Å². The Bertz CT molecular complexity index is 750. The van der Waals surface area contributed by atoms with E-state index in [2.05, 4.69) is 20.7 Å². The Kier molecular flexibility index (Phi) is 5.08. The number of sulfonamides is 1. The van der Waals surface area contributed by atoms with Gasteiger partial charge in [-0.3, -0.25) is 0 Å². The first-order chi connectivity index (χ1) is 9.92. The molecule has 0 fully saturated rings. The van der Waals surface area contributed by atoms with Crippen molar-refractivity contribution in [3.8, 4) is 0 Å². The van der Waals surface area contributed by atoms with Crippen LogP contribution in [0.25, 0.3) is 0 Å². The number of alkyl halides is 1. The van der Waals surface area contributed by atoms with Crippen LogP contribution in [0.5, 0.6) is 0 Å². The van der Waals surface area contributed by atoms with Gasteiger partial charge >= 0.3 is 0 Å². The van der Waals surface area contributed by atoms with Gasteiger partial charge in [0.05, 0.1) is 0 Å². The fraction of sp³-hybridized carbons (Fsp3) is 0.143. The maximum atomic E-state index is 13.5. The highest BCUT2D eigenvalue weighted by molar-refractivity contribution is 9.08. The van der Waals surface area contributed by atoms with E-state index in [1.165, 1.54) is 0 Å². The Morgan fingerprint density at radius 3 is 2.48 bits per heavy atom. The van der Waals surface area contributed by atoms with Crippen molar-refractivity contribution >= 4 is 26.0 Å². The molecule has 21 heavy (non-hydrogen) atoms. The molecule has 3 nitrogen and oxygen atoms in total. The van der Waals surface area contributed by atoms with E-state index in [1.54, 1.807) is 12.1 Å². The Labute approximate surface area is 130 Å². The zero-order chi connectivity index (χ0) is 15.5. The Hall–Kier alpha value is -1.31. The molecule has 0 saturated heterocycles. The van der Waals surface area contributed by atoms with Gasteiger partial charge in [0, 0.05) is 11.9 Å². The van der Waals surface area contributed by atoms with Gasteiger partial charge in [0.2, 0.25) is 10.0 Å². The summed E-state index contributed by atoms with van der Waals surface area (Å²) in [6, 6.07) is 9.56. The smallest absolute Gasteiger partial charge is 0.207 e. The Morgan fingerprint density at radius 2 is 1.76 bits per heavy atom. The molecule has 0 aromatic heterocycles. The van der Waals surface area contributed by atoms with Gasteiger partial charge in [-0.2, -0.15) is 0 Å². The summed E-state index contributed by atoms with van der Waals surface area (Å²) in [5.41, 5.74) is 1.72. The number of benzene rings is 2.